The van der Waals surface area contributed by atoms with Crippen LogP contribution in [0.15, 0.2) is 24.0 Å². The van der Waals surface area contributed by atoms with E-state index in [0.29, 0.717) is 18.6 Å². The van der Waals surface area contributed by atoms with Crippen LogP contribution in [-0.4, -0.2) is 17.8 Å². The van der Waals surface area contributed by atoms with Gasteiger partial charge in [-0.2, -0.15) is 5.26 Å². The molecule has 14 heavy (non-hydrogen) atoms. The molecule has 0 saturated heterocycles. The highest BCUT2D eigenvalue weighted by molar-refractivity contribution is 5.25. The molecule has 0 amide bonds. The first-order chi connectivity index (χ1) is 6.60. The largest absolute Gasteiger partial charge is 0.497 e. The highest BCUT2D eigenvalue weighted by Gasteiger charge is 2.30. The van der Waals surface area contributed by atoms with Crippen LogP contribution in [0.25, 0.3) is 0 Å². The van der Waals surface area contributed by atoms with E-state index in [0.717, 1.165) is 0 Å². The van der Waals surface area contributed by atoms with Crippen molar-refractivity contribution in [1.29, 1.82) is 5.26 Å². The van der Waals surface area contributed by atoms with Crippen molar-refractivity contribution in [1.82, 2.24) is 0 Å². The van der Waals surface area contributed by atoms with Crippen LogP contribution in [-0.2, 0) is 4.74 Å². The van der Waals surface area contributed by atoms with Crippen molar-refractivity contribution in [3.8, 4) is 6.07 Å². The number of nitrogens with zero attached hydrogens (tertiary/aromatic N) is 1. The number of methoxy groups -OCH3 is 1. The van der Waals surface area contributed by atoms with Crippen molar-refractivity contribution in [3.05, 3.63) is 24.0 Å². The van der Waals surface area contributed by atoms with E-state index in [1.165, 1.54) is 0 Å². The van der Waals surface area contributed by atoms with E-state index in [4.69, 9.17) is 10.00 Å². The SMILES string of the molecule is COC1=CC(C)(O)C(CCC#N)C=C1. The fraction of sp³-hybridized carbons (Fsp3) is 0.545. The third kappa shape index (κ3) is 2.36. The Hall–Kier alpha value is -1.27. The monoisotopic (exact) mass is 193 g/mol. The molecular formula is C11H15NO2. The lowest BCUT2D eigenvalue weighted by molar-refractivity contribution is 0.0568. The average molecular weight is 193 g/mol. The Labute approximate surface area is 84.3 Å². The molecule has 0 radical (unpaired) electrons. The third-order valence-electron chi connectivity index (χ3n) is 2.48. The molecule has 2 unspecified atom stereocenters. The van der Waals surface area contributed by atoms with Gasteiger partial charge in [0.15, 0.2) is 0 Å². The van der Waals surface area contributed by atoms with Gasteiger partial charge in [0.2, 0.25) is 0 Å². The Morgan fingerprint density at radius 1 is 1.71 bits per heavy atom. The fourth-order valence-corrected chi connectivity index (χ4v) is 1.58. The summed E-state index contributed by atoms with van der Waals surface area (Å²) in [5.41, 5.74) is -0.906. The Morgan fingerprint density at radius 2 is 2.43 bits per heavy atom. The molecule has 0 aromatic rings. The molecule has 0 aromatic heterocycles. The van der Waals surface area contributed by atoms with Gasteiger partial charge < -0.3 is 9.84 Å². The van der Waals surface area contributed by atoms with E-state index in [9.17, 15) is 5.11 Å². The van der Waals surface area contributed by atoms with Crippen molar-refractivity contribution in [2.75, 3.05) is 7.11 Å². The van der Waals surface area contributed by atoms with Gasteiger partial charge >= 0.3 is 0 Å². The lowest BCUT2D eigenvalue weighted by atomic mass is 9.82. The predicted molar refractivity (Wildman–Crippen MR) is 53.2 cm³/mol. The molecule has 1 N–H and O–H groups in total. The number of aliphatic hydroxyl groups is 1. The molecule has 2 atom stereocenters. The minimum absolute atomic E-state index is 0.000972. The van der Waals surface area contributed by atoms with Crippen LogP contribution in [0.5, 0.6) is 0 Å². The Morgan fingerprint density at radius 3 is 2.93 bits per heavy atom. The molecule has 0 aliphatic heterocycles. The molecule has 0 fully saturated rings. The van der Waals surface area contributed by atoms with Gasteiger partial charge in [-0.3, -0.25) is 0 Å². The summed E-state index contributed by atoms with van der Waals surface area (Å²) >= 11 is 0. The maximum atomic E-state index is 10.0. The Bertz CT molecular complexity index is 297. The summed E-state index contributed by atoms with van der Waals surface area (Å²) in [7, 11) is 1.57. The minimum atomic E-state index is -0.906. The lowest BCUT2D eigenvalue weighted by Crippen LogP contribution is -2.33. The molecule has 0 aromatic carbocycles. The fourth-order valence-electron chi connectivity index (χ4n) is 1.58. The molecule has 3 heteroatoms. The van der Waals surface area contributed by atoms with E-state index in [2.05, 4.69) is 6.07 Å². The van der Waals surface area contributed by atoms with Crippen LogP contribution in [0.3, 0.4) is 0 Å². The summed E-state index contributed by atoms with van der Waals surface area (Å²) in [6.07, 6.45) is 6.56. The number of hydrogen-bond acceptors (Lipinski definition) is 3. The molecule has 3 nitrogen and oxygen atoms in total. The van der Waals surface area contributed by atoms with Crippen LogP contribution < -0.4 is 0 Å². The average Bonchev–Trinajstić information content (AvgIpc) is 2.15. The number of ether oxygens (including phenoxy) is 1. The highest BCUT2D eigenvalue weighted by Crippen LogP contribution is 2.30. The zero-order valence-corrected chi connectivity index (χ0v) is 8.53. The van der Waals surface area contributed by atoms with Gasteiger partial charge in [-0.15, -0.1) is 0 Å². The number of rotatable bonds is 3. The summed E-state index contributed by atoms with van der Waals surface area (Å²) in [5.74, 6) is 0.671. The second-order valence-electron chi connectivity index (χ2n) is 3.64. The van der Waals surface area contributed by atoms with Gasteiger partial charge in [0.1, 0.15) is 5.76 Å². The first-order valence-corrected chi connectivity index (χ1v) is 4.64. The quantitative estimate of drug-likeness (QED) is 0.743. The molecule has 76 valence electrons. The summed E-state index contributed by atoms with van der Waals surface area (Å²) in [6, 6.07) is 2.08. The first kappa shape index (κ1) is 10.8. The maximum absolute atomic E-state index is 10.0. The number of hydrogen-bond donors (Lipinski definition) is 1. The maximum Gasteiger partial charge on any atom is 0.117 e. The third-order valence-corrected chi connectivity index (χ3v) is 2.48. The van der Waals surface area contributed by atoms with Crippen LogP contribution in [0, 0.1) is 17.2 Å². The van der Waals surface area contributed by atoms with Crippen molar-refractivity contribution in [2.45, 2.75) is 25.4 Å². The summed E-state index contributed by atoms with van der Waals surface area (Å²) < 4.78 is 5.03. The van der Waals surface area contributed by atoms with Gasteiger partial charge in [-0.25, -0.2) is 0 Å². The molecule has 0 saturated carbocycles. The van der Waals surface area contributed by atoms with Gasteiger partial charge in [0, 0.05) is 12.3 Å². The van der Waals surface area contributed by atoms with E-state index in [-0.39, 0.29) is 5.92 Å². The topological polar surface area (TPSA) is 53.2 Å². The van der Waals surface area contributed by atoms with Crippen LogP contribution in [0.2, 0.25) is 0 Å². The molecule has 0 spiro atoms. The van der Waals surface area contributed by atoms with Crippen molar-refractivity contribution >= 4 is 0 Å². The molecule has 1 aliphatic rings. The summed E-state index contributed by atoms with van der Waals surface area (Å²) in [4.78, 5) is 0. The standard InChI is InChI=1S/C11H15NO2/c1-11(13)8-10(14-2)6-5-9(11)4-3-7-12/h5-6,8-9,13H,3-4H2,1-2H3. The Kier molecular flexibility index (Phi) is 3.32. The van der Waals surface area contributed by atoms with Crippen molar-refractivity contribution in [2.24, 2.45) is 5.92 Å². The smallest absolute Gasteiger partial charge is 0.117 e. The predicted octanol–water partition coefficient (Wildman–Crippen LogP) is 1.76. The zero-order chi connectivity index (χ0) is 10.6. The van der Waals surface area contributed by atoms with Gasteiger partial charge in [-0.1, -0.05) is 6.08 Å². The normalized spacial score (nSPS) is 30.7. The minimum Gasteiger partial charge on any atom is -0.497 e. The van der Waals surface area contributed by atoms with Crippen LogP contribution in [0.1, 0.15) is 19.8 Å². The lowest BCUT2D eigenvalue weighted by Gasteiger charge is -2.30. The number of allylic oxidation sites excluding steroid dienone is 1. The molecule has 0 bridgehead atoms. The van der Waals surface area contributed by atoms with E-state index < -0.39 is 5.60 Å². The zero-order valence-electron chi connectivity index (χ0n) is 8.53. The van der Waals surface area contributed by atoms with Crippen molar-refractivity contribution < 1.29 is 9.84 Å². The Balaban J connectivity index is 2.71. The number of nitriles is 1. The molecule has 0 heterocycles. The van der Waals surface area contributed by atoms with Gasteiger partial charge in [0.05, 0.1) is 18.8 Å². The molecule has 1 aliphatic carbocycles. The second-order valence-corrected chi connectivity index (χ2v) is 3.64. The van der Waals surface area contributed by atoms with Crippen LogP contribution in [0.4, 0.5) is 0 Å². The second kappa shape index (κ2) is 4.30. The first-order valence-electron chi connectivity index (χ1n) is 4.64. The molecular weight excluding hydrogens is 178 g/mol. The summed E-state index contributed by atoms with van der Waals surface area (Å²) in [6.45, 7) is 1.73. The van der Waals surface area contributed by atoms with Gasteiger partial charge in [0.25, 0.3) is 0 Å². The van der Waals surface area contributed by atoms with E-state index >= 15 is 0 Å². The van der Waals surface area contributed by atoms with Crippen molar-refractivity contribution in [3.63, 3.8) is 0 Å². The highest BCUT2D eigenvalue weighted by atomic mass is 16.5. The van der Waals surface area contributed by atoms with Crippen LogP contribution >= 0.6 is 0 Å². The van der Waals surface area contributed by atoms with Gasteiger partial charge in [-0.05, 0) is 25.5 Å². The van der Waals surface area contributed by atoms with E-state index in [1.54, 1.807) is 20.1 Å². The molecule has 1 rings (SSSR count). The van der Waals surface area contributed by atoms with E-state index in [1.807, 2.05) is 12.2 Å². The summed E-state index contributed by atoms with van der Waals surface area (Å²) in [5, 5.41) is 18.5.